The van der Waals surface area contributed by atoms with Gasteiger partial charge < -0.3 is 8.85 Å². The van der Waals surface area contributed by atoms with Crippen LogP contribution in [0.5, 0.6) is 0 Å². The fourth-order valence-electron chi connectivity index (χ4n) is 3.32. The Bertz CT molecular complexity index is 298. The molecule has 1 unspecified atom stereocenters. The van der Waals surface area contributed by atoms with Crippen LogP contribution in [0.3, 0.4) is 0 Å². The maximum absolute atomic E-state index is 6.25. The van der Waals surface area contributed by atoms with E-state index in [2.05, 4.69) is 33.8 Å². The average Bonchev–Trinajstić information content (AvgIpc) is 2.52. The largest absolute Gasteiger partial charge is 0.523 e. The van der Waals surface area contributed by atoms with Gasteiger partial charge in [-0.1, -0.05) is 58.8 Å². The Morgan fingerprint density at radius 3 is 2.50 bits per heavy atom. The van der Waals surface area contributed by atoms with E-state index in [-0.39, 0.29) is 0 Å². The zero-order valence-corrected chi connectivity index (χ0v) is 16.3. The molecule has 0 N–H and O–H groups in total. The van der Waals surface area contributed by atoms with E-state index in [0.29, 0.717) is 0 Å². The van der Waals surface area contributed by atoms with Gasteiger partial charge in [0.15, 0.2) is 0 Å². The summed E-state index contributed by atoms with van der Waals surface area (Å²) in [7, 11) is -1.15. The molecular formula is C19H37O2Si. The summed E-state index contributed by atoms with van der Waals surface area (Å²) >= 11 is 0. The molecular weight excluding hydrogens is 288 g/mol. The van der Waals surface area contributed by atoms with E-state index in [9.17, 15) is 0 Å². The van der Waals surface area contributed by atoms with Gasteiger partial charge in [-0.25, -0.2) is 0 Å². The molecule has 0 heterocycles. The molecule has 1 radical (unpaired) electrons. The molecule has 0 aromatic carbocycles. The average molecular weight is 326 g/mol. The van der Waals surface area contributed by atoms with Crippen LogP contribution in [0, 0.1) is 11.8 Å². The summed E-state index contributed by atoms with van der Waals surface area (Å²) in [5.74, 6) is 2.61. The number of rotatable bonds is 11. The summed E-state index contributed by atoms with van der Waals surface area (Å²) in [6.07, 6.45) is 14.4. The Hall–Kier alpha value is -0.283. The van der Waals surface area contributed by atoms with E-state index in [0.717, 1.165) is 30.2 Å². The van der Waals surface area contributed by atoms with Gasteiger partial charge in [-0.3, -0.25) is 0 Å². The van der Waals surface area contributed by atoms with E-state index in [1.165, 1.54) is 57.8 Å². The van der Waals surface area contributed by atoms with E-state index >= 15 is 0 Å². The van der Waals surface area contributed by atoms with Crippen molar-refractivity contribution in [1.29, 1.82) is 0 Å². The Morgan fingerprint density at radius 1 is 1.18 bits per heavy atom. The third kappa shape index (κ3) is 8.38. The first-order valence-electron chi connectivity index (χ1n) is 9.54. The highest BCUT2D eigenvalue weighted by molar-refractivity contribution is 6.44. The summed E-state index contributed by atoms with van der Waals surface area (Å²) in [6.45, 7) is 9.56. The maximum Gasteiger partial charge on any atom is 0.457 e. The fourth-order valence-corrected chi connectivity index (χ4v) is 5.29. The van der Waals surface area contributed by atoms with Gasteiger partial charge in [0, 0.05) is 12.7 Å². The molecule has 0 aromatic heterocycles. The van der Waals surface area contributed by atoms with Crippen LogP contribution in [0.15, 0.2) is 11.8 Å². The fraction of sp³-hybridized carbons (Fsp3) is 0.895. The lowest BCUT2D eigenvalue weighted by Gasteiger charge is -2.23. The molecule has 2 nitrogen and oxygen atoms in total. The molecule has 1 atom stereocenters. The van der Waals surface area contributed by atoms with Crippen molar-refractivity contribution in [1.82, 2.24) is 0 Å². The van der Waals surface area contributed by atoms with Crippen molar-refractivity contribution in [2.45, 2.75) is 91.5 Å². The third-order valence-electron chi connectivity index (χ3n) is 4.70. The third-order valence-corrected chi connectivity index (χ3v) is 6.77. The molecule has 1 rings (SSSR count). The molecule has 0 bridgehead atoms. The SMILES string of the molecule is CCCCC(CC)C[Si](OCC)OC(C)=CC1CCCCC1. The van der Waals surface area contributed by atoms with Gasteiger partial charge in [0.25, 0.3) is 0 Å². The molecule has 1 saturated carbocycles. The molecule has 1 aliphatic carbocycles. The van der Waals surface area contributed by atoms with Gasteiger partial charge >= 0.3 is 9.28 Å². The van der Waals surface area contributed by atoms with Crippen LogP contribution in [0.4, 0.5) is 0 Å². The van der Waals surface area contributed by atoms with Crippen molar-refractivity contribution >= 4 is 9.28 Å². The molecule has 22 heavy (non-hydrogen) atoms. The summed E-state index contributed by atoms with van der Waals surface area (Å²) in [5.41, 5.74) is 0. The van der Waals surface area contributed by atoms with Gasteiger partial charge in [0.05, 0.1) is 5.76 Å². The van der Waals surface area contributed by atoms with Crippen molar-refractivity contribution in [2.24, 2.45) is 11.8 Å². The van der Waals surface area contributed by atoms with Crippen LogP contribution in [-0.2, 0) is 8.85 Å². The van der Waals surface area contributed by atoms with Gasteiger partial charge in [-0.2, -0.15) is 0 Å². The molecule has 0 saturated heterocycles. The minimum absolute atomic E-state index is 0.737. The zero-order valence-electron chi connectivity index (χ0n) is 15.3. The Kier molecular flexibility index (Phi) is 10.9. The summed E-state index contributed by atoms with van der Waals surface area (Å²) in [5, 5.41) is 0. The predicted octanol–water partition coefficient (Wildman–Crippen LogP) is 6.23. The topological polar surface area (TPSA) is 18.5 Å². The first-order valence-corrected chi connectivity index (χ1v) is 11.1. The summed E-state index contributed by atoms with van der Waals surface area (Å²) in [4.78, 5) is 0. The monoisotopic (exact) mass is 325 g/mol. The minimum atomic E-state index is -1.15. The van der Waals surface area contributed by atoms with Crippen molar-refractivity contribution in [3.8, 4) is 0 Å². The van der Waals surface area contributed by atoms with Gasteiger partial charge in [0.2, 0.25) is 0 Å². The number of allylic oxidation sites excluding steroid dienone is 2. The quantitative estimate of drug-likeness (QED) is 0.331. The van der Waals surface area contributed by atoms with Crippen LogP contribution in [-0.4, -0.2) is 15.9 Å². The maximum atomic E-state index is 6.25. The highest BCUT2D eigenvalue weighted by Crippen LogP contribution is 2.27. The Balaban J connectivity index is 2.48. The van der Waals surface area contributed by atoms with Crippen LogP contribution in [0.25, 0.3) is 0 Å². The van der Waals surface area contributed by atoms with Crippen LogP contribution < -0.4 is 0 Å². The smallest absolute Gasteiger partial charge is 0.457 e. The zero-order chi connectivity index (χ0) is 16.2. The molecule has 1 aliphatic rings. The lowest BCUT2D eigenvalue weighted by Crippen LogP contribution is -2.25. The van der Waals surface area contributed by atoms with Crippen molar-refractivity contribution in [2.75, 3.05) is 6.61 Å². The van der Waals surface area contributed by atoms with Crippen molar-refractivity contribution in [3.05, 3.63) is 11.8 Å². The highest BCUT2D eigenvalue weighted by Gasteiger charge is 2.23. The number of unbranched alkanes of at least 4 members (excludes halogenated alkanes) is 1. The number of hydrogen-bond donors (Lipinski definition) is 0. The number of hydrogen-bond acceptors (Lipinski definition) is 2. The Labute approximate surface area is 140 Å². The minimum Gasteiger partial charge on any atom is -0.523 e. The van der Waals surface area contributed by atoms with Gasteiger partial charge in [-0.05, 0) is 44.6 Å². The molecule has 3 heteroatoms. The predicted molar refractivity (Wildman–Crippen MR) is 96.9 cm³/mol. The van der Waals surface area contributed by atoms with Crippen molar-refractivity contribution in [3.63, 3.8) is 0 Å². The second kappa shape index (κ2) is 12.2. The molecule has 0 aromatic rings. The molecule has 0 spiro atoms. The van der Waals surface area contributed by atoms with E-state index in [1.807, 2.05) is 0 Å². The van der Waals surface area contributed by atoms with Crippen LogP contribution >= 0.6 is 0 Å². The Morgan fingerprint density at radius 2 is 1.91 bits per heavy atom. The molecule has 0 amide bonds. The summed E-state index contributed by atoms with van der Waals surface area (Å²) < 4.78 is 12.2. The van der Waals surface area contributed by atoms with E-state index < -0.39 is 9.28 Å². The normalized spacial score (nSPS) is 18.7. The second-order valence-electron chi connectivity index (χ2n) is 6.70. The van der Waals surface area contributed by atoms with E-state index in [4.69, 9.17) is 8.85 Å². The lowest BCUT2D eigenvalue weighted by atomic mass is 9.89. The highest BCUT2D eigenvalue weighted by atomic mass is 28.3. The van der Waals surface area contributed by atoms with Crippen molar-refractivity contribution < 1.29 is 8.85 Å². The molecule has 0 aliphatic heterocycles. The molecule has 1 fully saturated rings. The van der Waals surface area contributed by atoms with Gasteiger partial charge in [0.1, 0.15) is 0 Å². The first kappa shape index (κ1) is 19.8. The molecule has 129 valence electrons. The second-order valence-corrected chi connectivity index (χ2v) is 8.35. The van der Waals surface area contributed by atoms with Crippen LogP contribution in [0.1, 0.15) is 85.5 Å². The van der Waals surface area contributed by atoms with E-state index in [1.54, 1.807) is 0 Å². The lowest BCUT2D eigenvalue weighted by molar-refractivity contribution is 0.236. The van der Waals surface area contributed by atoms with Crippen LogP contribution in [0.2, 0.25) is 6.04 Å². The first-order chi connectivity index (χ1) is 10.7. The standard InChI is InChI=1S/C19H37O2Si/c1-5-8-12-18(6-2)16-22(20-7-3)21-17(4)15-19-13-10-9-11-14-19/h15,18-19H,5-14,16H2,1-4H3. The summed E-state index contributed by atoms with van der Waals surface area (Å²) in [6, 6.07) is 1.13. The van der Waals surface area contributed by atoms with Gasteiger partial charge in [-0.15, -0.1) is 0 Å².